The first-order chi connectivity index (χ1) is 8.97. The zero-order chi connectivity index (χ0) is 14.7. The summed E-state index contributed by atoms with van der Waals surface area (Å²) in [6.07, 6.45) is 3.84. The normalized spacial score (nSPS) is 11.4. The van der Waals surface area contributed by atoms with E-state index in [2.05, 4.69) is 17.2 Å². The fourth-order valence-corrected chi connectivity index (χ4v) is 1.44. The Balaban J connectivity index is 3.92. The lowest BCUT2D eigenvalue weighted by molar-refractivity contribution is -0.142. The first kappa shape index (κ1) is 16.9. The van der Waals surface area contributed by atoms with Gasteiger partial charge in [-0.05, 0) is 25.7 Å². The monoisotopic (exact) mass is 271 g/mol. The zero-order valence-electron chi connectivity index (χ0n) is 10.9. The number of allylic oxidation sites excluding steroid dienone is 1. The molecule has 108 valence electrons. The number of nitrogens with one attached hydrogen (secondary N) is 2. The van der Waals surface area contributed by atoms with Crippen molar-refractivity contribution >= 4 is 17.9 Å². The highest BCUT2D eigenvalue weighted by molar-refractivity contribution is 5.83. The number of urea groups is 1. The summed E-state index contributed by atoms with van der Waals surface area (Å²) in [7, 11) is 0. The number of carboxylic acid groups (broad SMARTS) is 1. The van der Waals surface area contributed by atoms with Crippen molar-refractivity contribution < 1.29 is 19.5 Å². The molecule has 0 fully saturated rings. The summed E-state index contributed by atoms with van der Waals surface area (Å²) in [4.78, 5) is 32.8. The van der Waals surface area contributed by atoms with Gasteiger partial charge < -0.3 is 21.5 Å². The molecule has 3 amide bonds. The van der Waals surface area contributed by atoms with Crippen LogP contribution in [0.4, 0.5) is 4.79 Å². The molecular weight excluding hydrogens is 250 g/mol. The topological polar surface area (TPSA) is 122 Å². The lowest BCUT2D eigenvalue weighted by atomic mass is 10.1. The third kappa shape index (κ3) is 9.63. The Morgan fingerprint density at radius 2 is 2.00 bits per heavy atom. The van der Waals surface area contributed by atoms with Crippen LogP contribution >= 0.6 is 0 Å². The van der Waals surface area contributed by atoms with Crippen molar-refractivity contribution in [2.75, 3.05) is 6.54 Å². The van der Waals surface area contributed by atoms with Gasteiger partial charge in [0.2, 0.25) is 5.91 Å². The van der Waals surface area contributed by atoms with Crippen molar-refractivity contribution in [3.05, 3.63) is 12.7 Å². The van der Waals surface area contributed by atoms with Gasteiger partial charge in [-0.25, -0.2) is 9.59 Å². The molecule has 0 aliphatic carbocycles. The molecule has 0 spiro atoms. The molecule has 0 aliphatic rings. The van der Waals surface area contributed by atoms with Crippen LogP contribution in [0.1, 0.15) is 32.1 Å². The predicted octanol–water partition coefficient (Wildman–Crippen LogP) is 0.361. The molecule has 0 radical (unpaired) electrons. The maximum absolute atomic E-state index is 11.4. The Bertz CT molecular complexity index is 331. The maximum Gasteiger partial charge on any atom is 0.326 e. The second-order valence-corrected chi connectivity index (χ2v) is 4.07. The second kappa shape index (κ2) is 9.93. The van der Waals surface area contributed by atoms with E-state index in [9.17, 15) is 14.4 Å². The number of primary amides is 1. The molecule has 0 heterocycles. The van der Waals surface area contributed by atoms with Crippen molar-refractivity contribution in [3.8, 4) is 0 Å². The van der Waals surface area contributed by atoms with Crippen LogP contribution in [-0.2, 0) is 9.59 Å². The summed E-state index contributed by atoms with van der Waals surface area (Å²) < 4.78 is 0. The highest BCUT2D eigenvalue weighted by Gasteiger charge is 2.18. The van der Waals surface area contributed by atoms with Gasteiger partial charge in [-0.15, -0.1) is 6.58 Å². The second-order valence-electron chi connectivity index (χ2n) is 4.07. The van der Waals surface area contributed by atoms with E-state index in [1.54, 1.807) is 6.08 Å². The van der Waals surface area contributed by atoms with Gasteiger partial charge in [0, 0.05) is 13.0 Å². The van der Waals surface area contributed by atoms with Gasteiger partial charge in [0.15, 0.2) is 0 Å². The van der Waals surface area contributed by atoms with Gasteiger partial charge in [0.25, 0.3) is 0 Å². The Morgan fingerprint density at radius 1 is 1.32 bits per heavy atom. The van der Waals surface area contributed by atoms with Crippen molar-refractivity contribution in [2.45, 2.75) is 38.1 Å². The number of rotatable bonds is 10. The molecule has 0 unspecified atom stereocenters. The zero-order valence-corrected chi connectivity index (χ0v) is 10.9. The number of hydrogen-bond donors (Lipinski definition) is 4. The summed E-state index contributed by atoms with van der Waals surface area (Å²) in [5, 5.41) is 13.8. The molecule has 1 atom stereocenters. The van der Waals surface area contributed by atoms with Crippen molar-refractivity contribution in [1.82, 2.24) is 10.6 Å². The van der Waals surface area contributed by atoms with Crippen LogP contribution in [0.25, 0.3) is 0 Å². The van der Waals surface area contributed by atoms with E-state index in [-0.39, 0.29) is 12.3 Å². The van der Waals surface area contributed by atoms with Crippen LogP contribution < -0.4 is 16.4 Å². The Kier molecular flexibility index (Phi) is 8.86. The molecule has 0 aromatic heterocycles. The van der Waals surface area contributed by atoms with E-state index in [0.29, 0.717) is 32.2 Å². The molecular formula is C12H21N3O4. The molecule has 0 aromatic carbocycles. The van der Waals surface area contributed by atoms with Gasteiger partial charge >= 0.3 is 12.0 Å². The molecule has 7 heteroatoms. The standard InChI is InChI=1S/C12H21N3O4/c1-2-3-7-10(16)15-9(11(17)18)6-4-5-8-14-12(13)19/h2,9H,1,3-8H2,(H,15,16)(H,17,18)(H3,13,14,19)/t9-/m0/s1. The van der Waals surface area contributed by atoms with Crippen LogP contribution in [0.3, 0.4) is 0 Å². The fraction of sp³-hybridized carbons (Fsp3) is 0.583. The summed E-state index contributed by atoms with van der Waals surface area (Å²) in [6.45, 7) is 3.89. The molecule has 0 rings (SSSR count). The lowest BCUT2D eigenvalue weighted by Gasteiger charge is -2.14. The minimum Gasteiger partial charge on any atom is -0.480 e. The molecule has 19 heavy (non-hydrogen) atoms. The van der Waals surface area contributed by atoms with E-state index < -0.39 is 18.0 Å². The smallest absolute Gasteiger partial charge is 0.326 e. The van der Waals surface area contributed by atoms with Gasteiger partial charge in [0.1, 0.15) is 6.04 Å². The number of unbranched alkanes of at least 4 members (excludes halogenated alkanes) is 1. The number of nitrogens with two attached hydrogens (primary N) is 1. The number of carbonyl (C=O) groups is 3. The largest absolute Gasteiger partial charge is 0.480 e. The minimum atomic E-state index is -1.06. The average molecular weight is 271 g/mol. The van der Waals surface area contributed by atoms with Crippen LogP contribution in [-0.4, -0.2) is 35.6 Å². The average Bonchev–Trinajstić information content (AvgIpc) is 2.33. The number of carboxylic acids is 1. The maximum atomic E-state index is 11.4. The molecule has 0 aliphatic heterocycles. The summed E-state index contributed by atoms with van der Waals surface area (Å²) in [5.74, 6) is -1.36. The van der Waals surface area contributed by atoms with Crippen LogP contribution in [0.2, 0.25) is 0 Å². The van der Waals surface area contributed by atoms with E-state index in [1.165, 1.54) is 0 Å². The Hall–Kier alpha value is -2.05. The van der Waals surface area contributed by atoms with Gasteiger partial charge in [-0.1, -0.05) is 6.08 Å². The number of carbonyl (C=O) groups excluding carboxylic acids is 2. The Morgan fingerprint density at radius 3 is 2.53 bits per heavy atom. The van der Waals surface area contributed by atoms with Crippen molar-refractivity contribution in [3.63, 3.8) is 0 Å². The molecule has 0 saturated carbocycles. The summed E-state index contributed by atoms with van der Waals surface area (Å²) in [6, 6.07) is -1.50. The Labute approximate surface area is 112 Å². The first-order valence-electron chi connectivity index (χ1n) is 6.13. The van der Waals surface area contributed by atoms with E-state index in [0.717, 1.165) is 0 Å². The highest BCUT2D eigenvalue weighted by Crippen LogP contribution is 2.02. The van der Waals surface area contributed by atoms with Gasteiger partial charge in [-0.2, -0.15) is 0 Å². The van der Waals surface area contributed by atoms with E-state index >= 15 is 0 Å². The molecule has 5 N–H and O–H groups in total. The molecule has 0 aromatic rings. The lowest BCUT2D eigenvalue weighted by Crippen LogP contribution is -2.40. The quantitative estimate of drug-likeness (QED) is 0.338. The fourth-order valence-electron chi connectivity index (χ4n) is 1.44. The molecule has 7 nitrogen and oxygen atoms in total. The van der Waals surface area contributed by atoms with E-state index in [1.807, 2.05) is 0 Å². The van der Waals surface area contributed by atoms with Gasteiger partial charge in [0.05, 0.1) is 0 Å². The van der Waals surface area contributed by atoms with Crippen LogP contribution in [0, 0.1) is 0 Å². The van der Waals surface area contributed by atoms with E-state index in [4.69, 9.17) is 10.8 Å². The first-order valence-corrected chi connectivity index (χ1v) is 6.13. The van der Waals surface area contributed by atoms with Gasteiger partial charge in [-0.3, -0.25) is 4.79 Å². The summed E-state index contributed by atoms with van der Waals surface area (Å²) in [5.41, 5.74) is 4.89. The molecule has 0 bridgehead atoms. The number of amides is 3. The summed E-state index contributed by atoms with van der Waals surface area (Å²) >= 11 is 0. The van der Waals surface area contributed by atoms with Crippen molar-refractivity contribution in [1.29, 1.82) is 0 Å². The van der Waals surface area contributed by atoms with Crippen LogP contribution in [0.5, 0.6) is 0 Å². The highest BCUT2D eigenvalue weighted by atomic mass is 16.4. The predicted molar refractivity (Wildman–Crippen MR) is 70.4 cm³/mol. The minimum absolute atomic E-state index is 0.233. The van der Waals surface area contributed by atoms with Crippen LogP contribution in [0.15, 0.2) is 12.7 Å². The number of aliphatic carboxylic acids is 1. The number of hydrogen-bond acceptors (Lipinski definition) is 3. The third-order valence-electron chi connectivity index (χ3n) is 2.43. The van der Waals surface area contributed by atoms with Crippen molar-refractivity contribution in [2.24, 2.45) is 5.73 Å². The SMILES string of the molecule is C=CCCC(=O)N[C@@H](CCCCNC(N)=O)C(=O)O. The third-order valence-corrected chi connectivity index (χ3v) is 2.43. The molecule has 0 saturated heterocycles.